The molecular formula is C21H22N4O5S2. The van der Waals surface area contributed by atoms with E-state index in [4.69, 9.17) is 14.2 Å². The van der Waals surface area contributed by atoms with Gasteiger partial charge in [0.05, 0.1) is 38.1 Å². The number of aromatic nitrogens is 2. The minimum absolute atomic E-state index is 0.192. The van der Waals surface area contributed by atoms with Gasteiger partial charge in [-0.2, -0.15) is 0 Å². The van der Waals surface area contributed by atoms with E-state index in [1.54, 1.807) is 30.8 Å². The van der Waals surface area contributed by atoms with E-state index in [2.05, 4.69) is 20.0 Å². The van der Waals surface area contributed by atoms with Crippen LogP contribution in [0.1, 0.15) is 0 Å². The molecule has 5 rings (SSSR count). The Labute approximate surface area is 189 Å². The fraction of sp³-hybridized carbons (Fsp3) is 0.333. The number of nitrogens with one attached hydrogen (secondary N) is 2. The zero-order valence-electron chi connectivity index (χ0n) is 17.2. The van der Waals surface area contributed by atoms with Gasteiger partial charge in [-0.15, -0.1) is 11.3 Å². The van der Waals surface area contributed by atoms with Crippen LogP contribution in [0.4, 0.5) is 5.95 Å². The van der Waals surface area contributed by atoms with Gasteiger partial charge in [0.25, 0.3) is 0 Å². The van der Waals surface area contributed by atoms with Crippen molar-refractivity contribution in [2.24, 2.45) is 0 Å². The summed E-state index contributed by atoms with van der Waals surface area (Å²) in [4.78, 5) is 8.92. The van der Waals surface area contributed by atoms with Gasteiger partial charge in [-0.25, -0.2) is 23.1 Å². The molecule has 0 bridgehead atoms. The molecule has 0 radical (unpaired) electrons. The number of hydrogen-bond donors (Lipinski definition) is 2. The second-order valence-electron chi connectivity index (χ2n) is 7.50. The third kappa shape index (κ3) is 4.21. The molecule has 4 atom stereocenters. The van der Waals surface area contributed by atoms with E-state index in [-0.39, 0.29) is 29.1 Å². The van der Waals surface area contributed by atoms with E-state index in [1.165, 1.54) is 11.3 Å². The second-order valence-corrected chi connectivity index (χ2v) is 10.4. The molecule has 4 heterocycles. The summed E-state index contributed by atoms with van der Waals surface area (Å²) in [6.07, 6.45) is 1.00. The molecule has 0 spiro atoms. The number of hydrogen-bond acceptors (Lipinski definition) is 9. The van der Waals surface area contributed by atoms with Crippen molar-refractivity contribution in [2.75, 3.05) is 25.6 Å². The number of ether oxygens (including phenoxy) is 3. The molecule has 0 saturated carbocycles. The third-order valence-electron chi connectivity index (χ3n) is 5.48. The normalized spacial score (nSPS) is 24.9. The second kappa shape index (κ2) is 8.75. The Morgan fingerprint density at radius 2 is 1.81 bits per heavy atom. The first-order valence-electron chi connectivity index (χ1n) is 10.1. The predicted octanol–water partition coefficient (Wildman–Crippen LogP) is 2.14. The summed E-state index contributed by atoms with van der Waals surface area (Å²) in [6, 6.07) is 12.1. The summed E-state index contributed by atoms with van der Waals surface area (Å²) in [5.41, 5.74) is 1.71. The Balaban J connectivity index is 1.26. The lowest BCUT2D eigenvalue weighted by atomic mass is 10.1. The van der Waals surface area contributed by atoms with Crippen molar-refractivity contribution < 1.29 is 22.6 Å². The number of methoxy groups -OCH3 is 1. The molecule has 1 aromatic carbocycles. The van der Waals surface area contributed by atoms with Crippen LogP contribution in [-0.4, -0.2) is 63.0 Å². The maximum atomic E-state index is 12.6. The van der Waals surface area contributed by atoms with Gasteiger partial charge in [0.15, 0.2) is 0 Å². The summed E-state index contributed by atoms with van der Waals surface area (Å²) < 4.78 is 45.1. The lowest BCUT2D eigenvalue weighted by Gasteiger charge is -2.18. The highest BCUT2D eigenvalue weighted by Crippen LogP contribution is 2.30. The fourth-order valence-electron chi connectivity index (χ4n) is 3.91. The average molecular weight is 475 g/mol. The molecule has 32 heavy (non-hydrogen) atoms. The van der Waals surface area contributed by atoms with Crippen LogP contribution in [0.25, 0.3) is 11.3 Å². The molecular weight excluding hydrogens is 452 g/mol. The summed E-state index contributed by atoms with van der Waals surface area (Å²) in [5.74, 6) is 1.23. The Kier molecular flexibility index (Phi) is 5.82. The minimum atomic E-state index is -3.60. The van der Waals surface area contributed by atoms with Crippen molar-refractivity contribution in [1.29, 1.82) is 0 Å². The van der Waals surface area contributed by atoms with Crippen LogP contribution in [0.15, 0.2) is 58.3 Å². The van der Waals surface area contributed by atoms with E-state index in [0.29, 0.717) is 12.6 Å². The van der Waals surface area contributed by atoms with Gasteiger partial charge in [0.2, 0.25) is 16.0 Å². The number of nitrogens with zero attached hydrogens (tertiary/aromatic N) is 2. The van der Waals surface area contributed by atoms with Crippen LogP contribution >= 0.6 is 11.3 Å². The molecule has 3 aromatic rings. The smallest absolute Gasteiger partial charge is 0.250 e. The predicted molar refractivity (Wildman–Crippen MR) is 119 cm³/mol. The molecule has 2 aliphatic heterocycles. The number of sulfonamides is 1. The number of benzene rings is 1. The molecule has 2 aliphatic rings. The van der Waals surface area contributed by atoms with Crippen molar-refractivity contribution in [3.63, 3.8) is 0 Å². The molecule has 2 N–H and O–H groups in total. The standard InChI is InChI=1S/C21H22N4O5S2/c1-28-14-6-4-13(5-7-14)15-8-9-22-21(23-15)24-16-11-29-20-17(12-30-19(16)20)25-32(26,27)18-3-2-10-31-18/h2-10,16-17,19-20,25H,11-12H2,1H3,(H,22,23,24). The Morgan fingerprint density at radius 1 is 1.06 bits per heavy atom. The molecule has 4 unspecified atom stereocenters. The first kappa shape index (κ1) is 21.3. The first-order chi connectivity index (χ1) is 15.5. The van der Waals surface area contributed by atoms with Crippen molar-refractivity contribution in [3.8, 4) is 17.0 Å². The average Bonchev–Trinajstić information content (AvgIpc) is 3.55. The number of anilines is 1. The molecule has 9 nitrogen and oxygen atoms in total. The van der Waals surface area contributed by atoms with Crippen LogP contribution in [0.5, 0.6) is 5.75 Å². The lowest BCUT2D eigenvalue weighted by Crippen LogP contribution is -2.44. The minimum Gasteiger partial charge on any atom is -0.497 e. The highest BCUT2D eigenvalue weighted by atomic mass is 32.2. The summed E-state index contributed by atoms with van der Waals surface area (Å²) in [7, 11) is -1.98. The zero-order valence-corrected chi connectivity index (χ0v) is 18.8. The van der Waals surface area contributed by atoms with Crippen LogP contribution in [-0.2, 0) is 19.5 Å². The van der Waals surface area contributed by atoms with E-state index in [1.807, 2.05) is 30.3 Å². The van der Waals surface area contributed by atoms with Crippen molar-refractivity contribution in [2.45, 2.75) is 28.5 Å². The van der Waals surface area contributed by atoms with Crippen LogP contribution in [0.3, 0.4) is 0 Å². The molecule has 2 aromatic heterocycles. The van der Waals surface area contributed by atoms with Gasteiger partial charge in [0, 0.05) is 11.8 Å². The highest BCUT2D eigenvalue weighted by molar-refractivity contribution is 7.91. The molecule has 168 valence electrons. The van der Waals surface area contributed by atoms with Crippen molar-refractivity contribution in [1.82, 2.24) is 14.7 Å². The maximum absolute atomic E-state index is 12.6. The van der Waals surface area contributed by atoms with Gasteiger partial charge >= 0.3 is 0 Å². The van der Waals surface area contributed by atoms with Crippen LogP contribution in [0.2, 0.25) is 0 Å². The largest absolute Gasteiger partial charge is 0.497 e. The Bertz CT molecular complexity index is 1170. The van der Waals surface area contributed by atoms with Gasteiger partial charge in [-0.3, -0.25) is 0 Å². The molecule has 0 aliphatic carbocycles. The molecule has 2 fully saturated rings. The summed E-state index contributed by atoms with van der Waals surface area (Å²) in [5, 5.41) is 5.01. The quantitative estimate of drug-likeness (QED) is 0.536. The van der Waals surface area contributed by atoms with Gasteiger partial charge < -0.3 is 19.5 Å². The highest BCUT2D eigenvalue weighted by Gasteiger charge is 2.49. The SMILES string of the molecule is COc1ccc(-c2ccnc(NC3COC4C(NS(=O)(=O)c5cccs5)COC34)n2)cc1. The van der Waals surface area contributed by atoms with Crippen molar-refractivity contribution in [3.05, 3.63) is 54.0 Å². The van der Waals surface area contributed by atoms with E-state index in [0.717, 1.165) is 17.0 Å². The number of thiophene rings is 1. The third-order valence-corrected chi connectivity index (χ3v) is 8.36. The van der Waals surface area contributed by atoms with E-state index >= 15 is 0 Å². The lowest BCUT2D eigenvalue weighted by molar-refractivity contribution is 0.0690. The van der Waals surface area contributed by atoms with Gasteiger partial charge in [0.1, 0.15) is 22.2 Å². The zero-order chi connectivity index (χ0) is 22.1. The van der Waals surface area contributed by atoms with Crippen LogP contribution < -0.4 is 14.8 Å². The summed E-state index contributed by atoms with van der Waals surface area (Å²) in [6.45, 7) is 0.605. The number of rotatable bonds is 7. The van der Waals surface area contributed by atoms with E-state index in [9.17, 15) is 8.42 Å². The monoisotopic (exact) mass is 474 g/mol. The summed E-state index contributed by atoms with van der Waals surface area (Å²) >= 11 is 1.17. The van der Waals surface area contributed by atoms with Gasteiger partial charge in [-0.05, 0) is 41.8 Å². The molecule has 2 saturated heterocycles. The fourth-order valence-corrected chi connectivity index (χ4v) is 6.16. The maximum Gasteiger partial charge on any atom is 0.250 e. The van der Waals surface area contributed by atoms with E-state index < -0.39 is 16.1 Å². The van der Waals surface area contributed by atoms with Crippen LogP contribution in [0, 0.1) is 0 Å². The Morgan fingerprint density at radius 3 is 2.53 bits per heavy atom. The number of fused-ring (bicyclic) bond motifs is 1. The molecule has 11 heteroatoms. The first-order valence-corrected chi connectivity index (χ1v) is 12.4. The topological polar surface area (TPSA) is 112 Å². The van der Waals surface area contributed by atoms with Gasteiger partial charge in [-0.1, -0.05) is 6.07 Å². The molecule has 0 amide bonds. The van der Waals surface area contributed by atoms with Crippen molar-refractivity contribution >= 4 is 27.3 Å². The Hall–Kier alpha value is -2.57.